The molecule has 1 aromatic heterocycles. The van der Waals surface area contributed by atoms with Crippen LogP contribution < -0.4 is 4.90 Å². The Morgan fingerprint density at radius 2 is 0.691 bits per heavy atom. The summed E-state index contributed by atoms with van der Waals surface area (Å²) in [6.07, 6.45) is 0. The molecule has 10 aromatic carbocycles. The SMILES string of the molecule is c1ccc(-c2ccc(-c3cc(-c4ccc(-c5ccccc5)cc4)nc(-c4cccc(-c5cccc6c5-c5ccccc5C65c6ccccc6N(c6ccccc6)c6ccccc65)c4)n3)cc2)cc1. The lowest BCUT2D eigenvalue weighted by molar-refractivity contribution is 0.753. The summed E-state index contributed by atoms with van der Waals surface area (Å²) in [6, 6.07) is 94.1. The molecule has 0 N–H and O–H groups in total. The monoisotopic (exact) mass is 865 g/mol. The minimum atomic E-state index is -0.545. The van der Waals surface area contributed by atoms with Crippen LogP contribution in [0.4, 0.5) is 17.1 Å². The molecule has 13 rings (SSSR count). The molecule has 0 bridgehead atoms. The van der Waals surface area contributed by atoms with Crippen molar-refractivity contribution in [1.82, 2.24) is 9.97 Å². The summed E-state index contributed by atoms with van der Waals surface area (Å²) in [5, 5.41) is 0. The zero-order valence-corrected chi connectivity index (χ0v) is 37.2. The Labute approximate surface area is 397 Å². The van der Waals surface area contributed by atoms with Gasteiger partial charge in [0.2, 0.25) is 0 Å². The maximum absolute atomic E-state index is 5.34. The lowest BCUT2D eigenvalue weighted by atomic mass is 9.64. The third kappa shape index (κ3) is 6.35. The average Bonchev–Trinajstić information content (AvgIpc) is 3.72. The van der Waals surface area contributed by atoms with Crippen molar-refractivity contribution in [3.05, 3.63) is 283 Å². The Morgan fingerprint density at radius 3 is 1.28 bits per heavy atom. The van der Waals surface area contributed by atoms with Crippen LogP contribution in [-0.2, 0) is 5.41 Å². The second-order valence-corrected chi connectivity index (χ2v) is 17.7. The summed E-state index contributed by atoms with van der Waals surface area (Å²) in [7, 11) is 0. The third-order valence-corrected chi connectivity index (χ3v) is 13.9. The number of hydrogen-bond donors (Lipinski definition) is 0. The van der Waals surface area contributed by atoms with Gasteiger partial charge in [-0.05, 0) is 103 Å². The largest absolute Gasteiger partial charge is 0.310 e. The third-order valence-electron chi connectivity index (χ3n) is 13.9. The molecule has 11 aromatic rings. The van der Waals surface area contributed by atoms with Gasteiger partial charge in [0.15, 0.2) is 5.82 Å². The minimum Gasteiger partial charge on any atom is -0.310 e. The molecular weight excluding hydrogens is 823 g/mol. The van der Waals surface area contributed by atoms with Crippen molar-refractivity contribution in [1.29, 1.82) is 0 Å². The van der Waals surface area contributed by atoms with E-state index < -0.39 is 5.41 Å². The molecule has 0 atom stereocenters. The van der Waals surface area contributed by atoms with E-state index >= 15 is 0 Å². The highest BCUT2D eigenvalue weighted by Crippen LogP contribution is 2.64. The zero-order chi connectivity index (χ0) is 45.0. The van der Waals surface area contributed by atoms with E-state index in [1.807, 2.05) is 0 Å². The minimum absolute atomic E-state index is 0.545. The van der Waals surface area contributed by atoms with Crippen molar-refractivity contribution < 1.29 is 0 Å². The zero-order valence-electron chi connectivity index (χ0n) is 37.2. The lowest BCUT2D eigenvalue weighted by Gasteiger charge is -2.45. The van der Waals surface area contributed by atoms with Gasteiger partial charge in [0.25, 0.3) is 0 Å². The molecule has 0 saturated carbocycles. The normalized spacial score (nSPS) is 12.8. The van der Waals surface area contributed by atoms with E-state index in [1.54, 1.807) is 0 Å². The number of benzene rings is 10. The van der Waals surface area contributed by atoms with Gasteiger partial charge in [0, 0.05) is 22.4 Å². The van der Waals surface area contributed by atoms with Gasteiger partial charge in [-0.15, -0.1) is 0 Å². The number of nitrogens with zero attached hydrogens (tertiary/aromatic N) is 3. The van der Waals surface area contributed by atoms with Crippen LogP contribution in [0.1, 0.15) is 22.3 Å². The van der Waals surface area contributed by atoms with E-state index in [1.165, 1.54) is 72.6 Å². The van der Waals surface area contributed by atoms with Crippen LogP contribution in [0.15, 0.2) is 261 Å². The van der Waals surface area contributed by atoms with Crippen LogP contribution in [-0.4, -0.2) is 9.97 Å². The van der Waals surface area contributed by atoms with Crippen molar-refractivity contribution in [3.63, 3.8) is 0 Å². The highest BCUT2D eigenvalue weighted by Gasteiger charge is 2.52. The van der Waals surface area contributed by atoms with Crippen molar-refractivity contribution in [3.8, 4) is 78.4 Å². The van der Waals surface area contributed by atoms with Gasteiger partial charge in [0.05, 0.1) is 28.2 Å². The Morgan fingerprint density at radius 1 is 0.279 bits per heavy atom. The first kappa shape index (κ1) is 39.4. The number of aromatic nitrogens is 2. The van der Waals surface area contributed by atoms with E-state index in [-0.39, 0.29) is 0 Å². The highest BCUT2D eigenvalue weighted by atomic mass is 15.2. The summed E-state index contributed by atoms with van der Waals surface area (Å²) >= 11 is 0. The quantitative estimate of drug-likeness (QED) is 0.160. The van der Waals surface area contributed by atoms with Crippen molar-refractivity contribution in [2.24, 2.45) is 0 Å². The molecule has 2 aliphatic rings. The molecule has 318 valence electrons. The average molecular weight is 866 g/mol. The van der Waals surface area contributed by atoms with Crippen LogP contribution in [0, 0.1) is 0 Å². The molecular formula is C65H43N3. The van der Waals surface area contributed by atoms with E-state index in [0.717, 1.165) is 39.3 Å². The van der Waals surface area contributed by atoms with Crippen LogP contribution in [0.2, 0.25) is 0 Å². The summed E-state index contributed by atoms with van der Waals surface area (Å²) in [6.45, 7) is 0. The summed E-state index contributed by atoms with van der Waals surface area (Å²) < 4.78 is 0. The van der Waals surface area contributed by atoms with E-state index in [2.05, 4.69) is 266 Å². The Bertz CT molecular complexity index is 3510. The number of para-hydroxylation sites is 3. The molecule has 2 heterocycles. The Kier molecular flexibility index (Phi) is 9.40. The maximum Gasteiger partial charge on any atom is 0.160 e. The fraction of sp³-hybridized carbons (Fsp3) is 0.0154. The number of rotatable bonds is 7. The van der Waals surface area contributed by atoms with Crippen LogP contribution >= 0.6 is 0 Å². The molecule has 0 fully saturated rings. The topological polar surface area (TPSA) is 29.0 Å². The number of hydrogen-bond acceptors (Lipinski definition) is 3. The van der Waals surface area contributed by atoms with Gasteiger partial charge in [-0.25, -0.2) is 9.97 Å². The van der Waals surface area contributed by atoms with Gasteiger partial charge in [-0.3, -0.25) is 0 Å². The van der Waals surface area contributed by atoms with Crippen LogP contribution in [0.25, 0.3) is 78.4 Å². The fourth-order valence-electron chi connectivity index (χ4n) is 10.9. The maximum atomic E-state index is 5.34. The second kappa shape index (κ2) is 16.2. The Balaban J connectivity index is 0.967. The molecule has 0 radical (unpaired) electrons. The molecule has 0 unspecified atom stereocenters. The van der Waals surface area contributed by atoms with Gasteiger partial charge < -0.3 is 4.90 Å². The van der Waals surface area contributed by atoms with Crippen molar-refractivity contribution in [2.45, 2.75) is 5.41 Å². The van der Waals surface area contributed by atoms with Gasteiger partial charge in [-0.1, -0.05) is 224 Å². The van der Waals surface area contributed by atoms with Gasteiger partial charge >= 0.3 is 0 Å². The van der Waals surface area contributed by atoms with Gasteiger partial charge in [0.1, 0.15) is 0 Å². The predicted molar refractivity (Wildman–Crippen MR) is 280 cm³/mol. The first-order valence-corrected chi connectivity index (χ1v) is 23.3. The van der Waals surface area contributed by atoms with Crippen molar-refractivity contribution >= 4 is 17.1 Å². The summed E-state index contributed by atoms with van der Waals surface area (Å²) in [5.41, 5.74) is 22.4. The molecule has 0 amide bonds. The van der Waals surface area contributed by atoms with Crippen molar-refractivity contribution in [2.75, 3.05) is 4.90 Å². The molecule has 0 saturated heterocycles. The molecule has 3 nitrogen and oxygen atoms in total. The fourth-order valence-corrected chi connectivity index (χ4v) is 10.9. The van der Waals surface area contributed by atoms with Crippen LogP contribution in [0.5, 0.6) is 0 Å². The smallest absolute Gasteiger partial charge is 0.160 e. The molecule has 3 heteroatoms. The van der Waals surface area contributed by atoms with E-state index in [9.17, 15) is 0 Å². The van der Waals surface area contributed by atoms with Crippen LogP contribution in [0.3, 0.4) is 0 Å². The van der Waals surface area contributed by atoms with E-state index in [4.69, 9.17) is 9.97 Å². The Hall–Kier alpha value is -8.92. The number of anilines is 3. The summed E-state index contributed by atoms with van der Waals surface area (Å²) in [5.74, 6) is 0.680. The molecule has 1 spiro atoms. The molecule has 1 aliphatic carbocycles. The molecule has 1 aliphatic heterocycles. The lowest BCUT2D eigenvalue weighted by Crippen LogP contribution is -2.36. The predicted octanol–water partition coefficient (Wildman–Crippen LogP) is 16.6. The number of fused-ring (bicyclic) bond motifs is 9. The molecule has 68 heavy (non-hydrogen) atoms. The van der Waals surface area contributed by atoms with E-state index in [0.29, 0.717) is 5.82 Å². The standard InChI is InChI=1S/C65H43N3/c1-4-18-44(19-5-1)46-34-38-48(39-35-46)59-43-60(49-40-36-47(37-41-49)45-20-6-2-7-21-45)67-64(66-59)51-23-16-22-50(42-51)53-27-17-31-58-63(53)54-26-10-11-28-55(54)65(58)56-29-12-14-32-61(56)68(52-24-8-3-9-25-52)62-33-15-13-30-57(62)65/h1-43H. The second-order valence-electron chi connectivity index (χ2n) is 17.7. The first-order chi connectivity index (χ1) is 33.7. The first-order valence-electron chi connectivity index (χ1n) is 23.3. The highest BCUT2D eigenvalue weighted by molar-refractivity contribution is 6.00. The van der Waals surface area contributed by atoms with Gasteiger partial charge in [-0.2, -0.15) is 0 Å². The summed E-state index contributed by atoms with van der Waals surface area (Å²) in [4.78, 5) is 13.1.